The van der Waals surface area contributed by atoms with Crippen LogP contribution in [0.4, 0.5) is 5.69 Å². The molecule has 2 aromatic carbocycles. The molecule has 154 valence electrons. The van der Waals surface area contributed by atoms with Crippen LogP contribution in [0.3, 0.4) is 0 Å². The molecule has 30 heavy (non-hydrogen) atoms. The molecular weight excluding hydrogens is 425 g/mol. The van der Waals surface area contributed by atoms with Gasteiger partial charge in [0.2, 0.25) is 5.91 Å². The first-order valence-electron chi connectivity index (χ1n) is 9.44. The van der Waals surface area contributed by atoms with Crippen molar-refractivity contribution in [1.29, 1.82) is 0 Å². The fourth-order valence-corrected chi connectivity index (χ4v) is 4.18. The molecule has 6 nitrogen and oxygen atoms in total. The van der Waals surface area contributed by atoms with E-state index < -0.39 is 6.04 Å². The molecule has 0 bridgehead atoms. The third kappa shape index (κ3) is 3.46. The van der Waals surface area contributed by atoms with Gasteiger partial charge < -0.3 is 14.3 Å². The molecule has 1 fully saturated rings. The Balaban J connectivity index is 1.63. The van der Waals surface area contributed by atoms with E-state index in [1.54, 1.807) is 49.2 Å². The fourth-order valence-electron chi connectivity index (χ4n) is 3.71. The van der Waals surface area contributed by atoms with Gasteiger partial charge in [0.15, 0.2) is 0 Å². The SMILES string of the molecule is Cc1onc(-c2ccccc2Cl)c1C(=O)N(C)C1CCN(c2ccccc2Cl)C1=O. The summed E-state index contributed by atoms with van der Waals surface area (Å²) in [5.41, 5.74) is 1.91. The van der Waals surface area contributed by atoms with Crippen LogP contribution in [0.25, 0.3) is 11.3 Å². The monoisotopic (exact) mass is 443 g/mol. The molecule has 1 aliphatic heterocycles. The van der Waals surface area contributed by atoms with Crippen molar-refractivity contribution in [2.75, 3.05) is 18.5 Å². The first-order valence-corrected chi connectivity index (χ1v) is 10.2. The molecule has 1 unspecified atom stereocenters. The van der Waals surface area contributed by atoms with Crippen molar-refractivity contribution in [3.63, 3.8) is 0 Å². The summed E-state index contributed by atoms with van der Waals surface area (Å²) in [6.07, 6.45) is 0.498. The van der Waals surface area contributed by atoms with Crippen LogP contribution in [0.2, 0.25) is 10.0 Å². The Hall–Kier alpha value is -2.83. The molecule has 4 rings (SSSR count). The molecule has 0 saturated carbocycles. The largest absolute Gasteiger partial charge is 0.360 e. The number of hydrogen-bond donors (Lipinski definition) is 0. The predicted octanol–water partition coefficient (Wildman–Crippen LogP) is 4.83. The smallest absolute Gasteiger partial charge is 0.260 e. The number of anilines is 1. The van der Waals surface area contributed by atoms with Crippen molar-refractivity contribution < 1.29 is 14.1 Å². The minimum Gasteiger partial charge on any atom is -0.360 e. The first-order chi connectivity index (χ1) is 14.4. The highest BCUT2D eigenvalue weighted by Gasteiger charge is 2.39. The molecule has 0 aliphatic carbocycles. The topological polar surface area (TPSA) is 66.7 Å². The highest BCUT2D eigenvalue weighted by molar-refractivity contribution is 6.34. The number of rotatable bonds is 4. The van der Waals surface area contributed by atoms with Crippen LogP contribution in [0.5, 0.6) is 0 Å². The highest BCUT2D eigenvalue weighted by atomic mass is 35.5. The molecule has 0 N–H and O–H groups in total. The summed E-state index contributed by atoms with van der Waals surface area (Å²) in [5.74, 6) is -0.148. The summed E-state index contributed by atoms with van der Waals surface area (Å²) in [4.78, 5) is 29.5. The third-order valence-electron chi connectivity index (χ3n) is 5.31. The number of halogens is 2. The number of nitrogens with zero attached hydrogens (tertiary/aromatic N) is 3. The van der Waals surface area contributed by atoms with E-state index in [4.69, 9.17) is 27.7 Å². The van der Waals surface area contributed by atoms with Gasteiger partial charge in [-0.25, -0.2) is 0 Å². The second kappa shape index (κ2) is 8.13. The lowest BCUT2D eigenvalue weighted by Gasteiger charge is -2.24. The third-order valence-corrected chi connectivity index (χ3v) is 5.96. The minimum absolute atomic E-state index is 0.174. The van der Waals surface area contributed by atoms with Gasteiger partial charge in [-0.1, -0.05) is 58.7 Å². The van der Waals surface area contributed by atoms with Gasteiger partial charge in [-0.3, -0.25) is 9.59 Å². The van der Waals surface area contributed by atoms with E-state index in [1.807, 2.05) is 18.2 Å². The van der Waals surface area contributed by atoms with Crippen LogP contribution in [0.1, 0.15) is 22.5 Å². The van der Waals surface area contributed by atoms with E-state index in [0.717, 1.165) is 0 Å². The number of benzene rings is 2. The summed E-state index contributed by atoms with van der Waals surface area (Å²) >= 11 is 12.6. The van der Waals surface area contributed by atoms with E-state index in [9.17, 15) is 9.59 Å². The van der Waals surface area contributed by atoms with Gasteiger partial charge in [-0.2, -0.15) is 0 Å². The summed E-state index contributed by atoms with van der Waals surface area (Å²) in [6, 6.07) is 13.7. The number of amides is 2. The van der Waals surface area contributed by atoms with E-state index in [2.05, 4.69) is 5.16 Å². The molecule has 1 atom stereocenters. The normalized spacial score (nSPS) is 16.2. The Bertz CT molecular complexity index is 1130. The minimum atomic E-state index is -0.609. The number of carbonyl (C=O) groups excluding carboxylic acids is 2. The Morgan fingerprint density at radius 2 is 1.80 bits per heavy atom. The molecule has 2 amide bonds. The maximum Gasteiger partial charge on any atom is 0.260 e. The van der Waals surface area contributed by atoms with E-state index in [0.29, 0.717) is 51.3 Å². The molecular formula is C22H19Cl2N3O3. The van der Waals surface area contributed by atoms with Crippen molar-refractivity contribution >= 4 is 40.7 Å². The second-order valence-corrected chi connectivity index (χ2v) is 7.92. The van der Waals surface area contributed by atoms with Gasteiger partial charge in [0.25, 0.3) is 5.91 Å². The number of carbonyl (C=O) groups is 2. The van der Waals surface area contributed by atoms with Crippen LogP contribution >= 0.6 is 23.2 Å². The maximum atomic E-state index is 13.4. The first kappa shape index (κ1) is 20.4. The van der Waals surface area contributed by atoms with Crippen molar-refractivity contribution in [2.45, 2.75) is 19.4 Å². The van der Waals surface area contributed by atoms with Gasteiger partial charge >= 0.3 is 0 Å². The Kier molecular flexibility index (Phi) is 5.54. The lowest BCUT2D eigenvalue weighted by atomic mass is 10.0. The number of aryl methyl sites for hydroxylation is 1. The molecule has 8 heteroatoms. The summed E-state index contributed by atoms with van der Waals surface area (Å²) in [7, 11) is 1.61. The number of para-hydroxylation sites is 1. The molecule has 1 aliphatic rings. The molecule has 1 saturated heterocycles. The number of hydrogen-bond acceptors (Lipinski definition) is 4. The predicted molar refractivity (Wildman–Crippen MR) is 116 cm³/mol. The molecule has 2 heterocycles. The maximum absolute atomic E-state index is 13.4. The van der Waals surface area contributed by atoms with Gasteiger partial charge in [-0.15, -0.1) is 0 Å². The van der Waals surface area contributed by atoms with E-state index in [1.165, 1.54) is 4.90 Å². The van der Waals surface area contributed by atoms with Crippen LogP contribution < -0.4 is 4.90 Å². The molecule has 1 aromatic heterocycles. The summed E-state index contributed by atoms with van der Waals surface area (Å²) in [6.45, 7) is 2.14. The quantitative estimate of drug-likeness (QED) is 0.578. The summed E-state index contributed by atoms with van der Waals surface area (Å²) in [5, 5.41) is 5.01. The Morgan fingerprint density at radius 3 is 2.50 bits per heavy atom. The van der Waals surface area contributed by atoms with Crippen LogP contribution in [-0.2, 0) is 4.79 Å². The zero-order chi connectivity index (χ0) is 21.4. The van der Waals surface area contributed by atoms with Gasteiger partial charge in [0.05, 0.1) is 15.7 Å². The van der Waals surface area contributed by atoms with Crippen molar-refractivity contribution in [3.8, 4) is 11.3 Å². The summed E-state index contributed by atoms with van der Waals surface area (Å²) < 4.78 is 5.30. The average molecular weight is 444 g/mol. The van der Waals surface area contributed by atoms with E-state index in [-0.39, 0.29) is 11.8 Å². The second-order valence-electron chi connectivity index (χ2n) is 7.10. The zero-order valence-corrected chi connectivity index (χ0v) is 17.9. The van der Waals surface area contributed by atoms with Gasteiger partial charge in [0, 0.05) is 19.2 Å². The number of aromatic nitrogens is 1. The highest BCUT2D eigenvalue weighted by Crippen LogP contribution is 2.34. The zero-order valence-electron chi connectivity index (χ0n) is 16.4. The van der Waals surface area contributed by atoms with Crippen LogP contribution in [-0.4, -0.2) is 41.5 Å². The van der Waals surface area contributed by atoms with Crippen molar-refractivity contribution in [3.05, 3.63) is 69.9 Å². The molecule has 0 spiro atoms. The standard InChI is InChI=1S/C22H19Cl2N3O3/c1-13-19(20(25-30-13)14-7-3-4-8-15(14)23)22(29)26(2)18-11-12-27(21(18)28)17-10-6-5-9-16(17)24/h3-10,18H,11-12H2,1-2H3. The molecule has 3 aromatic rings. The lowest BCUT2D eigenvalue weighted by molar-refractivity contribution is -0.120. The fraction of sp³-hybridized carbons (Fsp3) is 0.227. The molecule has 0 radical (unpaired) electrons. The van der Waals surface area contributed by atoms with Gasteiger partial charge in [-0.05, 0) is 31.5 Å². The van der Waals surface area contributed by atoms with Crippen molar-refractivity contribution in [1.82, 2.24) is 10.1 Å². The van der Waals surface area contributed by atoms with Crippen molar-refractivity contribution in [2.24, 2.45) is 0 Å². The van der Waals surface area contributed by atoms with E-state index >= 15 is 0 Å². The Labute approximate surface area is 184 Å². The van der Waals surface area contributed by atoms with Crippen LogP contribution in [0, 0.1) is 6.92 Å². The van der Waals surface area contributed by atoms with Crippen LogP contribution in [0.15, 0.2) is 53.1 Å². The number of likely N-dealkylation sites (N-methyl/N-ethyl adjacent to an activating group) is 1. The Morgan fingerprint density at radius 1 is 1.13 bits per heavy atom. The average Bonchev–Trinajstić information content (AvgIpc) is 3.30. The lowest BCUT2D eigenvalue weighted by Crippen LogP contribution is -2.43. The van der Waals surface area contributed by atoms with Gasteiger partial charge in [0.1, 0.15) is 23.1 Å².